The fourth-order valence-corrected chi connectivity index (χ4v) is 3.84. The van der Waals surface area contributed by atoms with Crippen molar-refractivity contribution < 1.29 is 13.9 Å². The van der Waals surface area contributed by atoms with Crippen LogP contribution in [-0.4, -0.2) is 22.6 Å². The molecule has 6 nitrogen and oxygen atoms in total. The van der Waals surface area contributed by atoms with Crippen molar-refractivity contribution >= 4 is 51.6 Å². The Kier molecular flexibility index (Phi) is 7.68. The highest BCUT2D eigenvalue weighted by molar-refractivity contribution is 7.80. The molecule has 1 aromatic heterocycles. The zero-order valence-electron chi connectivity index (χ0n) is 19.7. The van der Waals surface area contributed by atoms with Crippen LogP contribution in [0.1, 0.15) is 42.3 Å². The third-order valence-electron chi connectivity index (χ3n) is 5.44. The number of nitrogens with zero attached hydrogens (tertiary/aromatic N) is 1. The number of hydrogen-bond acceptors (Lipinski definition) is 5. The van der Waals surface area contributed by atoms with Crippen LogP contribution in [-0.2, 0) is 11.2 Å². The Morgan fingerprint density at radius 1 is 1.11 bits per heavy atom. The third-order valence-corrected chi connectivity index (χ3v) is 6.07. The van der Waals surface area contributed by atoms with Crippen LogP contribution in [0.3, 0.4) is 0 Å². The first-order valence-corrected chi connectivity index (χ1v) is 12.0. The first kappa shape index (κ1) is 24.7. The first-order valence-electron chi connectivity index (χ1n) is 11.2. The van der Waals surface area contributed by atoms with Gasteiger partial charge >= 0.3 is 0 Å². The van der Waals surface area contributed by atoms with Gasteiger partial charge in [-0.3, -0.25) is 10.1 Å². The summed E-state index contributed by atoms with van der Waals surface area (Å²) < 4.78 is 11.4. The highest BCUT2D eigenvalue weighted by Crippen LogP contribution is 2.24. The Bertz CT molecular complexity index is 1370. The van der Waals surface area contributed by atoms with Gasteiger partial charge in [-0.05, 0) is 84.2 Å². The van der Waals surface area contributed by atoms with E-state index in [4.69, 9.17) is 33.0 Å². The maximum Gasteiger partial charge on any atom is 0.264 e. The van der Waals surface area contributed by atoms with E-state index >= 15 is 0 Å². The van der Waals surface area contributed by atoms with Gasteiger partial charge in [0.1, 0.15) is 11.3 Å². The number of hydrogen-bond donors (Lipinski definition) is 2. The molecule has 0 radical (unpaired) electrons. The molecule has 180 valence electrons. The zero-order chi connectivity index (χ0) is 24.9. The van der Waals surface area contributed by atoms with E-state index in [-0.39, 0.29) is 17.6 Å². The number of oxazole rings is 1. The normalized spacial score (nSPS) is 11.0. The predicted octanol–water partition coefficient (Wildman–Crippen LogP) is 6.40. The van der Waals surface area contributed by atoms with Crippen molar-refractivity contribution in [3.8, 4) is 5.75 Å². The summed E-state index contributed by atoms with van der Waals surface area (Å²) >= 11 is 11.2. The van der Waals surface area contributed by atoms with Crippen molar-refractivity contribution in [1.82, 2.24) is 10.3 Å². The molecule has 0 spiro atoms. The number of halogens is 1. The van der Waals surface area contributed by atoms with Gasteiger partial charge in [0.15, 0.2) is 23.2 Å². The second-order valence-corrected chi connectivity index (χ2v) is 9.38. The molecule has 2 N–H and O–H groups in total. The van der Waals surface area contributed by atoms with Gasteiger partial charge in [-0.2, -0.15) is 0 Å². The molecule has 0 saturated carbocycles. The second-order valence-electron chi connectivity index (χ2n) is 8.57. The second kappa shape index (κ2) is 10.9. The standard InChI is InChI=1S/C27H26ClN3O3S/c1-16(2)19-6-11-24-23(14-19)30-26(34-24)13-18-4-7-20(8-5-18)29-27(35)31-25(32)15-33-21-9-10-22(28)17(3)12-21/h4-12,14,16H,13,15H2,1-3H3,(H2,29,31,32,35). The molecule has 1 heterocycles. The Balaban J connectivity index is 1.28. The molecule has 0 atom stereocenters. The summed E-state index contributed by atoms with van der Waals surface area (Å²) in [5, 5.41) is 6.45. The summed E-state index contributed by atoms with van der Waals surface area (Å²) in [5.74, 6) is 1.31. The average molecular weight is 508 g/mol. The van der Waals surface area contributed by atoms with Gasteiger partial charge in [0.05, 0.1) is 0 Å². The molecule has 3 aromatic carbocycles. The van der Waals surface area contributed by atoms with Crippen molar-refractivity contribution in [1.29, 1.82) is 0 Å². The van der Waals surface area contributed by atoms with Crippen LogP contribution in [0.2, 0.25) is 5.02 Å². The van der Waals surface area contributed by atoms with Crippen molar-refractivity contribution in [2.45, 2.75) is 33.1 Å². The number of amides is 1. The number of aromatic nitrogens is 1. The zero-order valence-corrected chi connectivity index (χ0v) is 21.3. The minimum absolute atomic E-state index is 0.162. The highest BCUT2D eigenvalue weighted by Gasteiger charge is 2.10. The molecule has 0 fully saturated rings. The lowest BCUT2D eigenvalue weighted by atomic mass is 10.0. The van der Waals surface area contributed by atoms with E-state index in [0.717, 1.165) is 27.9 Å². The molecule has 1 amide bonds. The Hall–Kier alpha value is -3.42. The van der Waals surface area contributed by atoms with E-state index in [1.807, 2.05) is 37.3 Å². The molecule has 0 saturated heterocycles. The van der Waals surface area contributed by atoms with Crippen molar-refractivity contribution in [2.75, 3.05) is 11.9 Å². The molecule has 0 aliphatic rings. The molecule has 0 bridgehead atoms. The molecule has 4 rings (SSSR count). The molecule has 0 aliphatic carbocycles. The number of anilines is 1. The molecular formula is C27H26ClN3O3S. The SMILES string of the molecule is Cc1cc(OCC(=O)NC(=S)Nc2ccc(Cc3nc4cc(C(C)C)ccc4o3)cc2)ccc1Cl. The van der Waals surface area contributed by atoms with Crippen molar-refractivity contribution in [2.24, 2.45) is 0 Å². The summed E-state index contributed by atoms with van der Waals surface area (Å²) in [5.41, 5.74) is 5.59. The Morgan fingerprint density at radius 3 is 2.60 bits per heavy atom. The monoisotopic (exact) mass is 507 g/mol. The number of benzene rings is 3. The van der Waals surface area contributed by atoms with Gasteiger partial charge in [-0.25, -0.2) is 4.98 Å². The number of carbonyl (C=O) groups excluding carboxylic acids is 1. The summed E-state index contributed by atoms with van der Waals surface area (Å²) in [6, 6.07) is 19.1. The van der Waals surface area contributed by atoms with Crippen LogP contribution in [0.5, 0.6) is 5.75 Å². The lowest BCUT2D eigenvalue weighted by Crippen LogP contribution is -2.37. The van der Waals surface area contributed by atoms with E-state index in [1.54, 1.807) is 18.2 Å². The maximum absolute atomic E-state index is 12.2. The Labute approximate surface area is 214 Å². The van der Waals surface area contributed by atoms with E-state index in [1.165, 1.54) is 5.56 Å². The number of thiocarbonyl (C=S) groups is 1. The van der Waals surface area contributed by atoms with Crippen LogP contribution in [0, 0.1) is 6.92 Å². The van der Waals surface area contributed by atoms with Gasteiger partial charge in [-0.1, -0.05) is 43.6 Å². The minimum Gasteiger partial charge on any atom is -0.484 e. The van der Waals surface area contributed by atoms with E-state index < -0.39 is 0 Å². The van der Waals surface area contributed by atoms with E-state index in [0.29, 0.717) is 29.0 Å². The van der Waals surface area contributed by atoms with Crippen molar-refractivity contribution in [3.05, 3.63) is 88.3 Å². The fraction of sp³-hybridized carbons (Fsp3) is 0.222. The highest BCUT2D eigenvalue weighted by atomic mass is 35.5. The lowest BCUT2D eigenvalue weighted by Gasteiger charge is -2.11. The lowest BCUT2D eigenvalue weighted by molar-refractivity contribution is -0.121. The maximum atomic E-state index is 12.2. The van der Waals surface area contributed by atoms with Gasteiger partial charge in [0.2, 0.25) is 0 Å². The van der Waals surface area contributed by atoms with Crippen LogP contribution in [0.15, 0.2) is 65.1 Å². The van der Waals surface area contributed by atoms with Gasteiger partial charge < -0.3 is 14.5 Å². The molecule has 35 heavy (non-hydrogen) atoms. The van der Waals surface area contributed by atoms with Crippen LogP contribution in [0.25, 0.3) is 11.1 Å². The Morgan fingerprint density at radius 2 is 1.89 bits per heavy atom. The smallest absolute Gasteiger partial charge is 0.264 e. The summed E-state index contributed by atoms with van der Waals surface area (Å²) in [6.45, 7) is 6.02. The number of rotatable bonds is 7. The quantitative estimate of drug-likeness (QED) is 0.282. The van der Waals surface area contributed by atoms with Crippen molar-refractivity contribution in [3.63, 3.8) is 0 Å². The number of carbonyl (C=O) groups is 1. The van der Waals surface area contributed by atoms with E-state index in [2.05, 4.69) is 41.6 Å². The third kappa shape index (κ3) is 6.59. The van der Waals surface area contributed by atoms with Gasteiger partial charge in [0, 0.05) is 17.1 Å². The minimum atomic E-state index is -0.358. The topological polar surface area (TPSA) is 76.4 Å². The summed E-state index contributed by atoms with van der Waals surface area (Å²) in [6.07, 6.45) is 0.578. The molecule has 0 aliphatic heterocycles. The number of ether oxygens (including phenoxy) is 1. The molecule has 8 heteroatoms. The van der Waals surface area contributed by atoms with E-state index in [9.17, 15) is 4.79 Å². The molecule has 4 aromatic rings. The number of aryl methyl sites for hydroxylation is 1. The largest absolute Gasteiger partial charge is 0.484 e. The number of nitrogens with one attached hydrogen (secondary N) is 2. The average Bonchev–Trinajstić information content (AvgIpc) is 3.22. The fourth-order valence-electron chi connectivity index (χ4n) is 3.49. The van der Waals surface area contributed by atoms with Gasteiger partial charge in [0.25, 0.3) is 5.91 Å². The predicted molar refractivity (Wildman–Crippen MR) is 143 cm³/mol. The van der Waals surface area contributed by atoms with Crippen LogP contribution >= 0.6 is 23.8 Å². The summed E-state index contributed by atoms with van der Waals surface area (Å²) in [4.78, 5) is 16.8. The van der Waals surface area contributed by atoms with Gasteiger partial charge in [-0.15, -0.1) is 0 Å². The summed E-state index contributed by atoms with van der Waals surface area (Å²) in [7, 11) is 0. The molecular weight excluding hydrogens is 482 g/mol. The van der Waals surface area contributed by atoms with Crippen LogP contribution in [0.4, 0.5) is 5.69 Å². The van der Waals surface area contributed by atoms with Crippen LogP contribution < -0.4 is 15.4 Å². The first-order chi connectivity index (χ1) is 16.8. The molecule has 0 unspecified atom stereocenters. The number of fused-ring (bicyclic) bond motifs is 1.